The van der Waals surface area contributed by atoms with Crippen LogP contribution in [-0.2, 0) is 19.1 Å². The smallest absolute Gasteiger partial charge is 0.358 e. The Balaban J connectivity index is 2.98. The Morgan fingerprint density at radius 3 is 2.83 bits per heavy atom. The summed E-state index contributed by atoms with van der Waals surface area (Å²) in [6.45, 7) is 4.53. The summed E-state index contributed by atoms with van der Waals surface area (Å²) in [4.78, 5) is 34.0. The van der Waals surface area contributed by atoms with Crippen LogP contribution in [-0.4, -0.2) is 43.0 Å². The van der Waals surface area contributed by atoms with Gasteiger partial charge in [-0.15, -0.1) is 6.58 Å². The molecule has 3 amide bonds. The normalized spacial score (nSPS) is 27.1. The number of carbonyl (C=O) groups excluding carboxylic acids is 3. The zero-order valence-corrected chi connectivity index (χ0v) is 9.70. The summed E-state index contributed by atoms with van der Waals surface area (Å²) in [5, 5.41) is 3.64. The quantitative estimate of drug-likeness (QED) is 0.399. The van der Waals surface area contributed by atoms with Crippen LogP contribution in [0.5, 0.6) is 0 Å². The number of alkyl halides is 1. The topological polar surface area (TPSA) is 93.7 Å². The van der Waals surface area contributed by atoms with Crippen LogP contribution in [0, 0.1) is 0 Å². The Morgan fingerprint density at radius 2 is 2.28 bits per heavy atom. The molecule has 0 radical (unpaired) electrons. The molecule has 0 aromatic carbocycles. The van der Waals surface area contributed by atoms with Crippen molar-refractivity contribution in [2.45, 2.75) is 18.8 Å². The molecule has 8 heteroatoms. The molecule has 0 aromatic rings. The molecule has 7 nitrogen and oxygen atoms in total. The van der Waals surface area contributed by atoms with Crippen LogP contribution < -0.4 is 10.6 Å². The van der Waals surface area contributed by atoms with Crippen molar-refractivity contribution in [2.24, 2.45) is 0 Å². The van der Waals surface area contributed by atoms with E-state index in [1.54, 1.807) is 5.32 Å². The van der Waals surface area contributed by atoms with E-state index in [4.69, 9.17) is 4.74 Å². The standard InChI is InChI=1S/C10H13FN2O5/c1-3-5-18-7-10(11,8(15)17-4-2)6(14)12-9(16)13-7/h3,7H,1,4-5H2,2H3,(H2,12,13,14,16). The van der Waals surface area contributed by atoms with E-state index in [1.165, 1.54) is 13.0 Å². The van der Waals surface area contributed by atoms with Gasteiger partial charge in [0.15, 0.2) is 6.23 Å². The summed E-state index contributed by atoms with van der Waals surface area (Å²) < 4.78 is 23.8. The molecule has 1 saturated heterocycles. The highest BCUT2D eigenvalue weighted by Crippen LogP contribution is 2.23. The van der Waals surface area contributed by atoms with E-state index in [1.807, 2.05) is 5.32 Å². The Hall–Kier alpha value is -1.96. The Bertz CT molecular complexity index is 386. The number of carbonyl (C=O) groups is 3. The van der Waals surface area contributed by atoms with Gasteiger partial charge in [0.1, 0.15) is 0 Å². The number of amides is 3. The van der Waals surface area contributed by atoms with Crippen LogP contribution in [0.3, 0.4) is 0 Å². The number of nitrogens with one attached hydrogen (secondary N) is 2. The van der Waals surface area contributed by atoms with Crippen molar-refractivity contribution in [1.29, 1.82) is 0 Å². The average molecular weight is 260 g/mol. The fraction of sp³-hybridized carbons (Fsp3) is 0.500. The van der Waals surface area contributed by atoms with Gasteiger partial charge in [-0.2, -0.15) is 0 Å². The molecule has 2 unspecified atom stereocenters. The van der Waals surface area contributed by atoms with E-state index in [2.05, 4.69) is 11.3 Å². The fourth-order valence-electron chi connectivity index (χ4n) is 1.32. The average Bonchev–Trinajstić information content (AvgIpc) is 2.32. The van der Waals surface area contributed by atoms with E-state index < -0.39 is 29.8 Å². The predicted molar refractivity (Wildman–Crippen MR) is 57.1 cm³/mol. The number of hydrogen-bond acceptors (Lipinski definition) is 5. The van der Waals surface area contributed by atoms with E-state index in [0.29, 0.717) is 0 Å². The van der Waals surface area contributed by atoms with Gasteiger partial charge in [-0.1, -0.05) is 6.08 Å². The summed E-state index contributed by atoms with van der Waals surface area (Å²) in [5.74, 6) is -2.84. The highest BCUT2D eigenvalue weighted by Gasteiger charge is 2.59. The third-order valence-corrected chi connectivity index (χ3v) is 2.13. The molecule has 100 valence electrons. The van der Waals surface area contributed by atoms with E-state index in [-0.39, 0.29) is 13.2 Å². The van der Waals surface area contributed by atoms with Crippen molar-refractivity contribution in [3.8, 4) is 0 Å². The summed E-state index contributed by atoms with van der Waals surface area (Å²) in [6, 6.07) is -0.952. The maximum absolute atomic E-state index is 14.4. The Kier molecular flexibility index (Phi) is 4.38. The second kappa shape index (κ2) is 5.58. The minimum absolute atomic E-state index is 0.111. The van der Waals surface area contributed by atoms with Gasteiger partial charge in [-0.25, -0.2) is 14.0 Å². The molecular weight excluding hydrogens is 247 g/mol. The molecule has 0 aromatic heterocycles. The minimum atomic E-state index is -3.12. The maximum Gasteiger partial charge on any atom is 0.358 e. The lowest BCUT2D eigenvalue weighted by Gasteiger charge is -2.33. The Labute approximate surface area is 102 Å². The van der Waals surface area contributed by atoms with E-state index in [0.717, 1.165) is 0 Å². The third-order valence-electron chi connectivity index (χ3n) is 2.13. The lowest BCUT2D eigenvalue weighted by atomic mass is 10.0. The molecular formula is C10H13FN2O5. The number of hydrogen-bond donors (Lipinski definition) is 2. The first-order valence-electron chi connectivity index (χ1n) is 5.17. The van der Waals surface area contributed by atoms with Gasteiger partial charge < -0.3 is 14.8 Å². The second-order valence-electron chi connectivity index (χ2n) is 3.36. The van der Waals surface area contributed by atoms with Crippen LogP contribution >= 0.6 is 0 Å². The molecule has 1 fully saturated rings. The summed E-state index contributed by atoms with van der Waals surface area (Å²) in [6.07, 6.45) is -0.472. The SMILES string of the molecule is C=CCOC1NC(=O)NC(=O)C1(F)C(=O)OCC. The minimum Gasteiger partial charge on any atom is -0.463 e. The molecule has 2 N–H and O–H groups in total. The van der Waals surface area contributed by atoms with Gasteiger partial charge in [0.05, 0.1) is 13.2 Å². The fourth-order valence-corrected chi connectivity index (χ4v) is 1.32. The molecule has 0 bridgehead atoms. The van der Waals surface area contributed by atoms with Crippen molar-refractivity contribution < 1.29 is 28.2 Å². The van der Waals surface area contributed by atoms with Crippen LogP contribution in [0.2, 0.25) is 0 Å². The molecule has 1 rings (SSSR count). The number of esters is 1. The van der Waals surface area contributed by atoms with Crippen LogP contribution in [0.15, 0.2) is 12.7 Å². The number of imide groups is 1. The first kappa shape index (κ1) is 14.1. The van der Waals surface area contributed by atoms with Crippen molar-refractivity contribution in [1.82, 2.24) is 10.6 Å². The van der Waals surface area contributed by atoms with Crippen molar-refractivity contribution in [3.63, 3.8) is 0 Å². The molecule has 0 aliphatic carbocycles. The first-order chi connectivity index (χ1) is 8.46. The first-order valence-corrected chi connectivity index (χ1v) is 5.17. The molecule has 1 aliphatic rings. The van der Waals surface area contributed by atoms with Crippen molar-refractivity contribution >= 4 is 17.9 Å². The largest absolute Gasteiger partial charge is 0.463 e. The zero-order valence-electron chi connectivity index (χ0n) is 9.70. The predicted octanol–water partition coefficient (Wildman–Crippen LogP) is -0.374. The monoisotopic (exact) mass is 260 g/mol. The van der Waals surface area contributed by atoms with Gasteiger partial charge in [0.2, 0.25) is 0 Å². The van der Waals surface area contributed by atoms with Gasteiger partial charge in [-0.3, -0.25) is 10.1 Å². The molecule has 0 saturated carbocycles. The summed E-state index contributed by atoms with van der Waals surface area (Å²) in [7, 11) is 0. The highest BCUT2D eigenvalue weighted by atomic mass is 19.1. The number of rotatable bonds is 5. The number of halogens is 1. The molecule has 0 spiro atoms. The molecule has 2 atom stereocenters. The lowest BCUT2D eigenvalue weighted by molar-refractivity contribution is -0.178. The van der Waals surface area contributed by atoms with Crippen LogP contribution in [0.4, 0.5) is 9.18 Å². The highest BCUT2D eigenvalue weighted by molar-refractivity contribution is 6.14. The zero-order chi connectivity index (χ0) is 13.8. The van der Waals surface area contributed by atoms with Gasteiger partial charge in [-0.05, 0) is 6.92 Å². The number of ether oxygens (including phenoxy) is 2. The lowest BCUT2D eigenvalue weighted by Crippen LogP contribution is -2.71. The van der Waals surface area contributed by atoms with Crippen LogP contribution in [0.1, 0.15) is 6.92 Å². The van der Waals surface area contributed by atoms with Crippen molar-refractivity contribution in [2.75, 3.05) is 13.2 Å². The molecule has 1 heterocycles. The van der Waals surface area contributed by atoms with Gasteiger partial charge >= 0.3 is 17.7 Å². The maximum atomic E-state index is 14.4. The van der Waals surface area contributed by atoms with Gasteiger partial charge in [0.25, 0.3) is 5.91 Å². The van der Waals surface area contributed by atoms with Crippen LogP contribution in [0.25, 0.3) is 0 Å². The summed E-state index contributed by atoms with van der Waals surface area (Å²) in [5.41, 5.74) is -3.12. The van der Waals surface area contributed by atoms with E-state index >= 15 is 0 Å². The third kappa shape index (κ3) is 2.48. The van der Waals surface area contributed by atoms with Gasteiger partial charge in [0, 0.05) is 0 Å². The molecule has 18 heavy (non-hydrogen) atoms. The molecule has 1 aliphatic heterocycles. The van der Waals surface area contributed by atoms with Crippen molar-refractivity contribution in [3.05, 3.63) is 12.7 Å². The summed E-state index contributed by atoms with van der Waals surface area (Å²) >= 11 is 0. The number of urea groups is 1. The second-order valence-corrected chi connectivity index (χ2v) is 3.36. The Morgan fingerprint density at radius 1 is 1.61 bits per heavy atom. The van der Waals surface area contributed by atoms with E-state index in [9.17, 15) is 18.8 Å².